The molecule has 4 nitrogen and oxygen atoms in total. The first-order valence-electron chi connectivity index (χ1n) is 8.48. The molecule has 1 aliphatic rings. The Hall–Kier alpha value is -1.50. The highest BCUT2D eigenvalue weighted by molar-refractivity contribution is 14.1. The predicted octanol–water partition coefficient (Wildman–Crippen LogP) is 4.92. The highest BCUT2D eigenvalue weighted by Crippen LogP contribution is 2.19. The summed E-state index contributed by atoms with van der Waals surface area (Å²) in [5.74, 6) is 1.68. The van der Waals surface area contributed by atoms with Crippen LogP contribution in [0.2, 0.25) is 0 Å². The lowest BCUT2D eigenvalue weighted by Gasteiger charge is -2.14. The van der Waals surface area contributed by atoms with E-state index in [9.17, 15) is 4.79 Å². The second-order valence-electron chi connectivity index (χ2n) is 6.17. The van der Waals surface area contributed by atoms with E-state index >= 15 is 0 Å². The summed E-state index contributed by atoms with van der Waals surface area (Å²) in [6.07, 6.45) is 7.06. The van der Waals surface area contributed by atoms with Crippen molar-refractivity contribution in [3.05, 3.63) is 51.5 Å². The molecule has 1 N–H and O–H groups in total. The highest BCUT2D eigenvalue weighted by atomic mass is 127. The molecular formula is C19H22INO3. The normalized spacial score (nSPS) is 15.7. The van der Waals surface area contributed by atoms with E-state index in [0.29, 0.717) is 18.1 Å². The van der Waals surface area contributed by atoms with E-state index in [1.807, 2.05) is 24.3 Å². The number of hydrogen-bond acceptors (Lipinski definition) is 3. The Morgan fingerprint density at radius 3 is 2.50 bits per heavy atom. The minimum absolute atomic E-state index is 0.123. The Kier molecular flexibility index (Phi) is 6.18. The zero-order valence-corrected chi connectivity index (χ0v) is 15.8. The van der Waals surface area contributed by atoms with Crippen molar-refractivity contribution in [3.63, 3.8) is 0 Å². The molecule has 0 unspecified atom stereocenters. The Balaban J connectivity index is 1.52. The van der Waals surface area contributed by atoms with Crippen molar-refractivity contribution in [2.24, 2.45) is 0 Å². The van der Waals surface area contributed by atoms with Gasteiger partial charge < -0.3 is 14.5 Å². The summed E-state index contributed by atoms with van der Waals surface area (Å²) in [4.78, 5) is 12.3. The van der Waals surface area contributed by atoms with Crippen LogP contribution >= 0.6 is 22.6 Å². The van der Waals surface area contributed by atoms with Crippen molar-refractivity contribution >= 4 is 28.5 Å². The van der Waals surface area contributed by atoms with Gasteiger partial charge in [0.1, 0.15) is 18.1 Å². The predicted molar refractivity (Wildman–Crippen MR) is 101 cm³/mol. The molecule has 3 rings (SSSR count). The van der Waals surface area contributed by atoms with Crippen LogP contribution in [0.15, 0.2) is 40.8 Å². The second-order valence-corrected chi connectivity index (χ2v) is 7.42. The molecule has 1 heterocycles. The molecule has 5 heteroatoms. The number of carbonyl (C=O) groups excluding carboxylic acids is 1. The summed E-state index contributed by atoms with van der Waals surface area (Å²) >= 11 is 2.25. The molecule has 0 aliphatic heterocycles. The van der Waals surface area contributed by atoms with Gasteiger partial charge in [0.05, 0.1) is 0 Å². The van der Waals surface area contributed by atoms with Crippen LogP contribution in [-0.2, 0) is 6.61 Å². The third-order valence-corrected chi connectivity index (χ3v) is 4.99. The third kappa shape index (κ3) is 5.00. The van der Waals surface area contributed by atoms with E-state index in [0.717, 1.165) is 22.2 Å². The zero-order chi connectivity index (χ0) is 16.8. The highest BCUT2D eigenvalue weighted by Gasteiger charge is 2.18. The van der Waals surface area contributed by atoms with Gasteiger partial charge in [0, 0.05) is 9.61 Å². The van der Waals surface area contributed by atoms with E-state index in [1.54, 1.807) is 12.1 Å². The molecule has 24 heavy (non-hydrogen) atoms. The molecule has 0 atom stereocenters. The average molecular weight is 439 g/mol. The van der Waals surface area contributed by atoms with Crippen molar-refractivity contribution in [3.8, 4) is 5.75 Å². The fourth-order valence-corrected chi connectivity index (χ4v) is 3.30. The van der Waals surface area contributed by atoms with Crippen LogP contribution in [0.25, 0.3) is 0 Å². The van der Waals surface area contributed by atoms with Crippen LogP contribution in [-0.4, -0.2) is 11.9 Å². The molecule has 0 bridgehead atoms. The number of benzene rings is 1. The Morgan fingerprint density at radius 1 is 1.08 bits per heavy atom. The average Bonchev–Trinajstić information content (AvgIpc) is 2.92. The molecule has 1 amide bonds. The topological polar surface area (TPSA) is 51.5 Å². The van der Waals surface area contributed by atoms with E-state index in [2.05, 4.69) is 27.9 Å². The lowest BCUT2D eigenvalue weighted by molar-refractivity contribution is 0.0901. The van der Waals surface area contributed by atoms with Crippen molar-refractivity contribution < 1.29 is 13.9 Å². The van der Waals surface area contributed by atoms with Gasteiger partial charge in [0.25, 0.3) is 5.91 Å². The van der Waals surface area contributed by atoms with Crippen molar-refractivity contribution in [2.45, 2.75) is 51.2 Å². The summed E-state index contributed by atoms with van der Waals surface area (Å²) in [5.41, 5.74) is 0. The summed E-state index contributed by atoms with van der Waals surface area (Å²) in [6.45, 7) is 0.317. The lowest BCUT2D eigenvalue weighted by Crippen LogP contribution is -2.34. The van der Waals surface area contributed by atoms with Gasteiger partial charge >= 0.3 is 0 Å². The molecule has 1 aromatic carbocycles. The Bertz CT molecular complexity index is 658. The fourth-order valence-electron chi connectivity index (χ4n) is 2.94. The molecule has 0 radical (unpaired) electrons. The standard InChI is InChI=1S/C19H22INO3/c20-14-7-9-16(10-8-14)23-13-17-11-12-18(24-17)19(22)21-15-5-3-1-2-4-6-15/h7-12,15H,1-6,13H2,(H,21,22). The number of hydrogen-bond donors (Lipinski definition) is 1. The maximum atomic E-state index is 12.3. The van der Waals surface area contributed by atoms with Gasteiger partial charge in [-0.2, -0.15) is 0 Å². The molecular weight excluding hydrogens is 417 g/mol. The van der Waals surface area contributed by atoms with Crippen molar-refractivity contribution in [1.29, 1.82) is 0 Å². The quantitative estimate of drug-likeness (QED) is 0.532. The van der Waals surface area contributed by atoms with E-state index in [-0.39, 0.29) is 11.9 Å². The third-order valence-electron chi connectivity index (χ3n) is 4.27. The van der Waals surface area contributed by atoms with Crippen molar-refractivity contribution in [1.82, 2.24) is 5.32 Å². The summed E-state index contributed by atoms with van der Waals surface area (Å²) in [7, 11) is 0. The van der Waals surface area contributed by atoms with Crippen molar-refractivity contribution in [2.75, 3.05) is 0 Å². The van der Waals surface area contributed by atoms with Gasteiger partial charge in [-0.05, 0) is 71.8 Å². The van der Waals surface area contributed by atoms with Gasteiger partial charge in [-0.15, -0.1) is 0 Å². The number of halogens is 1. The monoisotopic (exact) mass is 439 g/mol. The number of rotatable bonds is 5. The molecule has 1 saturated carbocycles. The van der Waals surface area contributed by atoms with E-state index in [4.69, 9.17) is 9.15 Å². The van der Waals surface area contributed by atoms with Gasteiger partial charge in [-0.1, -0.05) is 25.7 Å². The minimum Gasteiger partial charge on any atom is -0.486 e. The first-order valence-corrected chi connectivity index (χ1v) is 9.56. The number of carbonyl (C=O) groups is 1. The van der Waals surface area contributed by atoms with Crippen LogP contribution in [0.3, 0.4) is 0 Å². The lowest BCUT2D eigenvalue weighted by atomic mass is 10.1. The van der Waals surface area contributed by atoms with Crippen LogP contribution in [0.1, 0.15) is 54.8 Å². The molecule has 0 saturated heterocycles. The number of amides is 1. The Morgan fingerprint density at radius 2 is 1.79 bits per heavy atom. The minimum atomic E-state index is -0.123. The number of furan rings is 1. The summed E-state index contributed by atoms with van der Waals surface area (Å²) in [5, 5.41) is 3.09. The van der Waals surface area contributed by atoms with Crippen LogP contribution in [0.4, 0.5) is 0 Å². The second kappa shape index (κ2) is 8.55. The fraction of sp³-hybridized carbons (Fsp3) is 0.421. The summed E-state index contributed by atoms with van der Waals surface area (Å²) in [6, 6.07) is 11.6. The molecule has 2 aromatic rings. The maximum absolute atomic E-state index is 12.3. The molecule has 0 spiro atoms. The van der Waals surface area contributed by atoms with Gasteiger partial charge in [-0.3, -0.25) is 4.79 Å². The zero-order valence-electron chi connectivity index (χ0n) is 13.6. The van der Waals surface area contributed by atoms with Crippen LogP contribution in [0.5, 0.6) is 5.75 Å². The molecule has 128 valence electrons. The van der Waals surface area contributed by atoms with E-state index < -0.39 is 0 Å². The first kappa shape index (κ1) is 17.3. The first-order chi connectivity index (χ1) is 11.7. The smallest absolute Gasteiger partial charge is 0.287 e. The molecule has 1 fully saturated rings. The van der Waals surface area contributed by atoms with Crippen LogP contribution in [0, 0.1) is 3.57 Å². The number of ether oxygens (including phenoxy) is 1. The van der Waals surface area contributed by atoms with Gasteiger partial charge in [0.15, 0.2) is 5.76 Å². The maximum Gasteiger partial charge on any atom is 0.287 e. The van der Waals surface area contributed by atoms with Gasteiger partial charge in [0.2, 0.25) is 0 Å². The van der Waals surface area contributed by atoms with Crippen LogP contribution < -0.4 is 10.1 Å². The Labute approximate surface area is 156 Å². The number of nitrogens with one attached hydrogen (secondary N) is 1. The van der Waals surface area contributed by atoms with Gasteiger partial charge in [-0.25, -0.2) is 0 Å². The van der Waals surface area contributed by atoms with E-state index in [1.165, 1.54) is 25.7 Å². The summed E-state index contributed by atoms with van der Waals surface area (Å²) < 4.78 is 12.5. The molecule has 1 aliphatic carbocycles. The molecule has 1 aromatic heterocycles. The largest absolute Gasteiger partial charge is 0.486 e. The SMILES string of the molecule is O=C(NC1CCCCCC1)c1ccc(COc2ccc(I)cc2)o1.